The number of fused-ring (bicyclic) bond motifs is 1. The van der Waals surface area contributed by atoms with E-state index < -0.39 is 6.04 Å². The van der Waals surface area contributed by atoms with Crippen molar-refractivity contribution in [1.82, 2.24) is 4.98 Å². The number of halogens is 1. The Bertz CT molecular complexity index is 516. The zero-order valence-corrected chi connectivity index (χ0v) is 9.84. The van der Waals surface area contributed by atoms with Crippen LogP contribution in [-0.4, -0.2) is 16.8 Å². The minimum Gasteiger partial charge on any atom is -0.352 e. The summed E-state index contributed by atoms with van der Waals surface area (Å²) in [6.45, 7) is 1.68. The van der Waals surface area contributed by atoms with Crippen LogP contribution in [0.3, 0.4) is 0 Å². The van der Waals surface area contributed by atoms with Crippen molar-refractivity contribution in [3.05, 3.63) is 34.4 Å². The van der Waals surface area contributed by atoms with Crippen molar-refractivity contribution < 1.29 is 4.79 Å². The molecule has 0 aliphatic heterocycles. The van der Waals surface area contributed by atoms with Crippen LogP contribution in [0.25, 0.3) is 10.9 Å². The minimum atomic E-state index is -0.471. The number of aromatic nitrogens is 1. The summed E-state index contributed by atoms with van der Waals surface area (Å²) in [6, 6.07) is 7.17. The average molecular weight is 267 g/mol. The SMILES string of the molecule is CC(N)C(=O)c1cc2cc(Br)ccc2[nH]1. The van der Waals surface area contributed by atoms with Gasteiger partial charge in [0.15, 0.2) is 5.78 Å². The van der Waals surface area contributed by atoms with Crippen LogP contribution in [0.2, 0.25) is 0 Å². The molecule has 1 aromatic carbocycles. The summed E-state index contributed by atoms with van der Waals surface area (Å²) in [7, 11) is 0. The van der Waals surface area contributed by atoms with Crippen LogP contribution in [0.15, 0.2) is 28.7 Å². The van der Waals surface area contributed by atoms with Gasteiger partial charge in [0.1, 0.15) is 0 Å². The fourth-order valence-electron chi connectivity index (χ4n) is 1.48. The number of hydrogen-bond acceptors (Lipinski definition) is 2. The zero-order valence-electron chi connectivity index (χ0n) is 8.25. The highest BCUT2D eigenvalue weighted by Gasteiger charge is 2.13. The van der Waals surface area contributed by atoms with Crippen molar-refractivity contribution in [3.63, 3.8) is 0 Å². The first-order valence-electron chi connectivity index (χ1n) is 4.66. The maximum atomic E-state index is 11.6. The van der Waals surface area contributed by atoms with E-state index in [2.05, 4.69) is 20.9 Å². The monoisotopic (exact) mass is 266 g/mol. The van der Waals surface area contributed by atoms with Gasteiger partial charge in [-0.25, -0.2) is 0 Å². The average Bonchev–Trinajstić information content (AvgIpc) is 2.58. The molecule has 3 N–H and O–H groups in total. The highest BCUT2D eigenvalue weighted by atomic mass is 79.9. The lowest BCUT2D eigenvalue weighted by Crippen LogP contribution is -2.26. The van der Waals surface area contributed by atoms with Gasteiger partial charge in [-0.1, -0.05) is 15.9 Å². The summed E-state index contributed by atoms with van der Waals surface area (Å²) in [5, 5.41) is 1.01. The maximum Gasteiger partial charge on any atom is 0.195 e. The number of hydrogen-bond donors (Lipinski definition) is 2. The Morgan fingerprint density at radius 3 is 2.87 bits per heavy atom. The van der Waals surface area contributed by atoms with Crippen LogP contribution in [-0.2, 0) is 0 Å². The molecule has 2 rings (SSSR count). The highest BCUT2D eigenvalue weighted by molar-refractivity contribution is 9.10. The van der Waals surface area contributed by atoms with Gasteiger partial charge in [0.25, 0.3) is 0 Å². The standard InChI is InChI=1S/C11H11BrN2O/c1-6(13)11(15)10-5-7-4-8(12)2-3-9(7)14-10/h2-6,14H,13H2,1H3. The Morgan fingerprint density at radius 1 is 1.47 bits per heavy atom. The predicted octanol–water partition coefficient (Wildman–Crippen LogP) is 2.46. The van der Waals surface area contributed by atoms with Crippen LogP contribution in [0.4, 0.5) is 0 Å². The molecule has 15 heavy (non-hydrogen) atoms. The van der Waals surface area contributed by atoms with Crippen molar-refractivity contribution in [2.75, 3.05) is 0 Å². The summed E-state index contributed by atoms with van der Waals surface area (Å²) < 4.78 is 0.994. The topological polar surface area (TPSA) is 58.9 Å². The molecule has 0 fully saturated rings. The molecule has 1 aromatic heterocycles. The van der Waals surface area contributed by atoms with Crippen LogP contribution in [0.1, 0.15) is 17.4 Å². The number of carbonyl (C=O) groups is 1. The number of H-pyrrole nitrogens is 1. The first kappa shape index (κ1) is 10.4. The van der Waals surface area contributed by atoms with Crippen molar-refractivity contribution >= 4 is 32.6 Å². The molecule has 0 amide bonds. The van der Waals surface area contributed by atoms with E-state index in [1.807, 2.05) is 24.3 Å². The van der Waals surface area contributed by atoms with Crippen molar-refractivity contribution in [1.29, 1.82) is 0 Å². The molecule has 3 nitrogen and oxygen atoms in total. The summed E-state index contributed by atoms with van der Waals surface area (Å²) >= 11 is 3.38. The second-order valence-electron chi connectivity index (χ2n) is 3.57. The number of aromatic amines is 1. The largest absolute Gasteiger partial charge is 0.352 e. The first-order chi connectivity index (χ1) is 7.08. The minimum absolute atomic E-state index is 0.0673. The van der Waals surface area contributed by atoms with Crippen LogP contribution >= 0.6 is 15.9 Å². The van der Waals surface area contributed by atoms with Gasteiger partial charge < -0.3 is 10.7 Å². The molecule has 0 bridgehead atoms. The lowest BCUT2D eigenvalue weighted by molar-refractivity contribution is 0.0964. The summed E-state index contributed by atoms with van der Waals surface area (Å²) in [5.74, 6) is -0.0673. The third-order valence-electron chi connectivity index (χ3n) is 2.26. The second-order valence-corrected chi connectivity index (χ2v) is 4.48. The number of nitrogens with two attached hydrogens (primary N) is 1. The molecular weight excluding hydrogens is 256 g/mol. The van der Waals surface area contributed by atoms with Gasteiger partial charge in [0.2, 0.25) is 0 Å². The van der Waals surface area contributed by atoms with Crippen LogP contribution in [0, 0.1) is 0 Å². The van der Waals surface area contributed by atoms with E-state index in [1.54, 1.807) is 6.92 Å². The van der Waals surface area contributed by atoms with E-state index in [0.717, 1.165) is 15.4 Å². The Balaban J connectivity index is 2.52. The number of carbonyl (C=O) groups excluding carboxylic acids is 1. The molecule has 0 radical (unpaired) electrons. The lowest BCUT2D eigenvalue weighted by atomic mass is 10.1. The van der Waals surface area contributed by atoms with E-state index in [4.69, 9.17) is 5.73 Å². The molecule has 1 unspecified atom stereocenters. The number of ketones is 1. The van der Waals surface area contributed by atoms with Gasteiger partial charge in [-0.2, -0.15) is 0 Å². The fourth-order valence-corrected chi connectivity index (χ4v) is 1.86. The highest BCUT2D eigenvalue weighted by Crippen LogP contribution is 2.20. The number of rotatable bonds is 2. The third kappa shape index (κ3) is 1.96. The predicted molar refractivity (Wildman–Crippen MR) is 64.0 cm³/mol. The van der Waals surface area contributed by atoms with Crippen molar-refractivity contribution in [3.8, 4) is 0 Å². The van der Waals surface area contributed by atoms with Crippen molar-refractivity contribution in [2.45, 2.75) is 13.0 Å². The lowest BCUT2D eigenvalue weighted by Gasteiger charge is -1.99. The van der Waals surface area contributed by atoms with Gasteiger partial charge in [0.05, 0.1) is 11.7 Å². The summed E-state index contributed by atoms with van der Waals surface area (Å²) in [5.41, 5.74) is 7.06. The zero-order chi connectivity index (χ0) is 11.0. The molecule has 1 heterocycles. The van der Waals surface area contributed by atoms with E-state index in [0.29, 0.717) is 5.69 Å². The van der Waals surface area contributed by atoms with Crippen LogP contribution in [0.5, 0.6) is 0 Å². The molecule has 0 aliphatic carbocycles. The third-order valence-corrected chi connectivity index (χ3v) is 2.76. The molecule has 0 saturated carbocycles. The van der Waals surface area contributed by atoms with E-state index in [9.17, 15) is 4.79 Å². The Labute approximate surface area is 95.8 Å². The van der Waals surface area contributed by atoms with E-state index in [-0.39, 0.29) is 5.78 Å². The van der Waals surface area contributed by atoms with Gasteiger partial charge >= 0.3 is 0 Å². The van der Waals surface area contributed by atoms with Gasteiger partial charge in [0, 0.05) is 15.4 Å². The smallest absolute Gasteiger partial charge is 0.195 e. The summed E-state index contributed by atoms with van der Waals surface area (Å²) in [6.07, 6.45) is 0. The molecule has 78 valence electrons. The molecule has 4 heteroatoms. The Morgan fingerprint density at radius 2 is 2.20 bits per heavy atom. The number of benzene rings is 1. The number of nitrogens with one attached hydrogen (secondary N) is 1. The van der Waals surface area contributed by atoms with Gasteiger partial charge in [-0.3, -0.25) is 4.79 Å². The number of Topliss-reactive ketones (excluding diaryl/α,β-unsaturated/α-hetero) is 1. The van der Waals surface area contributed by atoms with Gasteiger partial charge in [-0.05, 0) is 31.2 Å². The molecule has 0 aliphatic rings. The molecule has 2 aromatic rings. The van der Waals surface area contributed by atoms with E-state index in [1.165, 1.54) is 0 Å². The second kappa shape index (κ2) is 3.79. The first-order valence-corrected chi connectivity index (χ1v) is 5.45. The fraction of sp³-hybridized carbons (Fsp3) is 0.182. The van der Waals surface area contributed by atoms with Crippen LogP contribution < -0.4 is 5.73 Å². The Kier molecular flexibility index (Phi) is 2.63. The molecule has 0 spiro atoms. The quantitative estimate of drug-likeness (QED) is 0.821. The van der Waals surface area contributed by atoms with Gasteiger partial charge in [-0.15, -0.1) is 0 Å². The molecule has 1 atom stereocenters. The van der Waals surface area contributed by atoms with Crippen molar-refractivity contribution in [2.24, 2.45) is 5.73 Å². The Hall–Kier alpha value is -1.13. The summed E-state index contributed by atoms with van der Waals surface area (Å²) in [4.78, 5) is 14.7. The van der Waals surface area contributed by atoms with E-state index >= 15 is 0 Å². The molecular formula is C11H11BrN2O. The normalized spacial score (nSPS) is 13.0. The molecule has 0 saturated heterocycles. The maximum absolute atomic E-state index is 11.6.